The molecular weight excluding hydrogens is 360 g/mol. The minimum atomic E-state index is 0.150. The molecule has 1 unspecified atom stereocenters. The molecule has 0 saturated carbocycles. The minimum Gasteiger partial charge on any atom is -0.343 e. The van der Waals surface area contributed by atoms with E-state index in [2.05, 4.69) is 47.9 Å². The van der Waals surface area contributed by atoms with Crippen LogP contribution in [0.2, 0.25) is 0 Å². The number of carbonyl (C=O) groups excluding carboxylic acids is 2. The molecule has 1 atom stereocenters. The maximum Gasteiger partial charge on any atom is 0.225 e. The molecule has 0 bridgehead atoms. The van der Waals surface area contributed by atoms with Gasteiger partial charge in [0.15, 0.2) is 0 Å². The summed E-state index contributed by atoms with van der Waals surface area (Å²) in [6.07, 6.45) is 7.94. The molecule has 0 N–H and O–H groups in total. The maximum atomic E-state index is 12.8. The average molecular weight is 397 g/mol. The molecule has 1 aromatic carbocycles. The van der Waals surface area contributed by atoms with Crippen molar-refractivity contribution < 1.29 is 9.59 Å². The van der Waals surface area contributed by atoms with Gasteiger partial charge in [-0.25, -0.2) is 0 Å². The van der Waals surface area contributed by atoms with E-state index >= 15 is 0 Å². The number of carbonyl (C=O) groups is 2. The van der Waals surface area contributed by atoms with Crippen LogP contribution in [0.4, 0.5) is 0 Å². The number of fused-ring (bicyclic) bond motifs is 2. The van der Waals surface area contributed by atoms with Crippen molar-refractivity contribution in [3.05, 3.63) is 35.4 Å². The van der Waals surface area contributed by atoms with Crippen LogP contribution >= 0.6 is 0 Å². The number of benzene rings is 1. The molecule has 4 heteroatoms. The lowest BCUT2D eigenvalue weighted by atomic mass is 9.73. The van der Waals surface area contributed by atoms with Gasteiger partial charge >= 0.3 is 0 Å². The fraction of sp³-hybridized carbons (Fsp3) is 0.680. The van der Waals surface area contributed by atoms with Crippen molar-refractivity contribution in [2.75, 3.05) is 26.2 Å². The minimum absolute atomic E-state index is 0.150. The molecule has 2 aliphatic heterocycles. The Kier molecular flexibility index (Phi) is 5.98. The van der Waals surface area contributed by atoms with Gasteiger partial charge in [-0.15, -0.1) is 0 Å². The highest BCUT2D eigenvalue weighted by Crippen LogP contribution is 2.53. The first-order chi connectivity index (χ1) is 14.1. The third kappa shape index (κ3) is 3.83. The Balaban J connectivity index is 1.47. The van der Waals surface area contributed by atoms with Gasteiger partial charge in [0, 0.05) is 38.5 Å². The summed E-state index contributed by atoms with van der Waals surface area (Å²) in [4.78, 5) is 29.8. The third-order valence-electron chi connectivity index (χ3n) is 7.86. The highest BCUT2D eigenvalue weighted by molar-refractivity contribution is 5.79. The van der Waals surface area contributed by atoms with Crippen LogP contribution in [0.1, 0.15) is 82.3 Å². The van der Waals surface area contributed by atoms with Gasteiger partial charge in [0.05, 0.1) is 0 Å². The molecule has 2 saturated heterocycles. The predicted molar refractivity (Wildman–Crippen MR) is 116 cm³/mol. The topological polar surface area (TPSA) is 40.6 Å². The smallest absolute Gasteiger partial charge is 0.225 e. The second-order valence-corrected chi connectivity index (χ2v) is 9.40. The van der Waals surface area contributed by atoms with Crippen LogP contribution in [-0.4, -0.2) is 47.8 Å². The predicted octanol–water partition coefficient (Wildman–Crippen LogP) is 4.48. The molecule has 4 nitrogen and oxygen atoms in total. The average Bonchev–Trinajstić information content (AvgIpc) is 3.38. The van der Waals surface area contributed by atoms with Crippen molar-refractivity contribution in [3.63, 3.8) is 0 Å². The van der Waals surface area contributed by atoms with Gasteiger partial charge < -0.3 is 9.80 Å². The lowest BCUT2D eigenvalue weighted by Gasteiger charge is -2.41. The first-order valence-corrected chi connectivity index (χ1v) is 11.7. The van der Waals surface area contributed by atoms with Crippen LogP contribution in [0.5, 0.6) is 0 Å². The van der Waals surface area contributed by atoms with E-state index in [1.54, 1.807) is 0 Å². The van der Waals surface area contributed by atoms with E-state index in [4.69, 9.17) is 0 Å². The van der Waals surface area contributed by atoms with Crippen LogP contribution in [0.15, 0.2) is 24.3 Å². The van der Waals surface area contributed by atoms with Crippen LogP contribution in [0.3, 0.4) is 0 Å². The summed E-state index contributed by atoms with van der Waals surface area (Å²) in [5.74, 6) is 1.18. The van der Waals surface area contributed by atoms with E-state index in [-0.39, 0.29) is 11.3 Å². The summed E-state index contributed by atoms with van der Waals surface area (Å²) >= 11 is 0. The molecule has 3 aliphatic rings. The van der Waals surface area contributed by atoms with Gasteiger partial charge in [-0.05, 0) is 67.4 Å². The van der Waals surface area contributed by atoms with Gasteiger partial charge in [0.25, 0.3) is 0 Å². The van der Waals surface area contributed by atoms with Crippen molar-refractivity contribution in [3.8, 4) is 0 Å². The molecule has 0 aromatic heterocycles. The van der Waals surface area contributed by atoms with E-state index in [9.17, 15) is 9.59 Å². The summed E-state index contributed by atoms with van der Waals surface area (Å²) < 4.78 is 0. The lowest BCUT2D eigenvalue weighted by Crippen LogP contribution is -2.46. The molecule has 2 amide bonds. The van der Waals surface area contributed by atoms with Crippen molar-refractivity contribution in [1.82, 2.24) is 9.80 Å². The van der Waals surface area contributed by atoms with Crippen molar-refractivity contribution in [2.45, 2.75) is 76.5 Å². The number of rotatable bonds is 5. The van der Waals surface area contributed by atoms with E-state index in [0.717, 1.165) is 71.1 Å². The Morgan fingerprint density at radius 1 is 1.00 bits per heavy atom. The van der Waals surface area contributed by atoms with Gasteiger partial charge in [-0.2, -0.15) is 0 Å². The first-order valence-electron chi connectivity index (χ1n) is 11.7. The second-order valence-electron chi connectivity index (χ2n) is 9.40. The fourth-order valence-corrected chi connectivity index (χ4v) is 6.04. The van der Waals surface area contributed by atoms with Gasteiger partial charge in [0.1, 0.15) is 0 Å². The maximum absolute atomic E-state index is 12.8. The van der Waals surface area contributed by atoms with Gasteiger partial charge in [0.2, 0.25) is 11.8 Å². The zero-order valence-electron chi connectivity index (χ0n) is 18.2. The summed E-state index contributed by atoms with van der Waals surface area (Å²) in [7, 11) is 0. The number of piperidine rings is 1. The normalized spacial score (nSPS) is 23.1. The number of amides is 2. The molecule has 1 spiro atoms. The molecule has 4 rings (SSSR count). The van der Waals surface area contributed by atoms with E-state index < -0.39 is 0 Å². The molecule has 158 valence electrons. The standard InChI is InChI=1S/C25H36N2O2/c1-3-19(4-2)24(29)27-15-11-25(12-16-27)18-20(21-9-5-6-10-22(21)25)17-23(28)26-13-7-8-14-26/h5-6,9-10,19-20H,3-4,7-8,11-18H2,1-2H3. The highest BCUT2D eigenvalue weighted by Gasteiger charge is 2.46. The zero-order valence-corrected chi connectivity index (χ0v) is 18.2. The van der Waals surface area contributed by atoms with Gasteiger partial charge in [-0.3, -0.25) is 9.59 Å². The Morgan fingerprint density at radius 2 is 1.66 bits per heavy atom. The largest absolute Gasteiger partial charge is 0.343 e. The second kappa shape index (κ2) is 8.49. The SMILES string of the molecule is CCC(CC)C(=O)N1CCC2(CC1)CC(CC(=O)N1CCCC1)c1ccccc12. The zero-order chi connectivity index (χ0) is 20.4. The molecule has 29 heavy (non-hydrogen) atoms. The summed E-state index contributed by atoms with van der Waals surface area (Å²) in [6, 6.07) is 8.80. The first kappa shape index (κ1) is 20.4. The van der Waals surface area contributed by atoms with Crippen LogP contribution < -0.4 is 0 Å². The Morgan fingerprint density at radius 3 is 2.31 bits per heavy atom. The van der Waals surface area contributed by atoms with Crippen LogP contribution in [0, 0.1) is 5.92 Å². The summed E-state index contributed by atoms with van der Waals surface area (Å²) in [6.45, 7) is 7.82. The van der Waals surface area contributed by atoms with Crippen molar-refractivity contribution in [2.24, 2.45) is 5.92 Å². The summed E-state index contributed by atoms with van der Waals surface area (Å²) in [5.41, 5.74) is 2.99. The van der Waals surface area contributed by atoms with E-state index in [0.29, 0.717) is 24.2 Å². The third-order valence-corrected chi connectivity index (χ3v) is 7.86. The molecule has 1 aliphatic carbocycles. The molecule has 2 fully saturated rings. The van der Waals surface area contributed by atoms with E-state index in [1.807, 2.05) is 0 Å². The van der Waals surface area contributed by atoms with Crippen molar-refractivity contribution >= 4 is 11.8 Å². The number of nitrogens with zero attached hydrogens (tertiary/aromatic N) is 2. The Bertz CT molecular complexity index is 741. The monoisotopic (exact) mass is 396 g/mol. The van der Waals surface area contributed by atoms with E-state index in [1.165, 1.54) is 11.1 Å². The number of hydrogen-bond acceptors (Lipinski definition) is 2. The van der Waals surface area contributed by atoms with Crippen LogP contribution in [0.25, 0.3) is 0 Å². The van der Waals surface area contributed by atoms with Gasteiger partial charge in [-0.1, -0.05) is 38.1 Å². The fourth-order valence-electron chi connectivity index (χ4n) is 6.04. The van der Waals surface area contributed by atoms with Crippen molar-refractivity contribution in [1.29, 1.82) is 0 Å². The molecule has 2 heterocycles. The molecule has 0 radical (unpaired) electrons. The molecular formula is C25H36N2O2. The Hall–Kier alpha value is -1.84. The Labute approximate surface area is 175 Å². The highest BCUT2D eigenvalue weighted by atomic mass is 16.2. The lowest BCUT2D eigenvalue weighted by molar-refractivity contribution is -0.137. The molecule has 1 aromatic rings. The number of likely N-dealkylation sites (tertiary alicyclic amines) is 2. The van der Waals surface area contributed by atoms with Crippen LogP contribution in [-0.2, 0) is 15.0 Å². The summed E-state index contributed by atoms with van der Waals surface area (Å²) in [5, 5.41) is 0. The number of hydrogen-bond donors (Lipinski definition) is 0. The quantitative estimate of drug-likeness (QED) is 0.736.